The van der Waals surface area contributed by atoms with E-state index in [9.17, 15) is 45.0 Å². The van der Waals surface area contributed by atoms with Crippen LogP contribution in [-0.2, 0) is 33.3 Å². The van der Waals surface area contributed by atoms with Gasteiger partial charge in [-0.15, -0.1) is 0 Å². The van der Waals surface area contributed by atoms with E-state index in [2.05, 4.69) is 10.2 Å². The van der Waals surface area contributed by atoms with Crippen molar-refractivity contribution >= 4 is 23.4 Å². The van der Waals surface area contributed by atoms with Gasteiger partial charge >= 0.3 is 5.79 Å². The molecule has 3 heterocycles. The van der Waals surface area contributed by atoms with Gasteiger partial charge in [-0.05, 0) is 17.7 Å². The first-order chi connectivity index (χ1) is 18.3. The Morgan fingerprint density at radius 2 is 1.67 bits per heavy atom. The molecule has 2 fully saturated rings. The van der Waals surface area contributed by atoms with Crippen LogP contribution in [0.4, 0.5) is 5.69 Å². The summed E-state index contributed by atoms with van der Waals surface area (Å²) in [5.41, 5.74) is 1.30. The summed E-state index contributed by atoms with van der Waals surface area (Å²) >= 11 is 0. The van der Waals surface area contributed by atoms with Gasteiger partial charge in [-0.1, -0.05) is 30.3 Å². The predicted octanol–water partition coefficient (Wildman–Crippen LogP) is -2.93. The van der Waals surface area contributed by atoms with Gasteiger partial charge in [0.15, 0.2) is 6.04 Å². The van der Waals surface area contributed by atoms with E-state index in [1.165, 1.54) is 18.2 Å². The van der Waals surface area contributed by atoms with Gasteiger partial charge in [0.2, 0.25) is 0 Å². The number of piperidine rings is 1. The van der Waals surface area contributed by atoms with E-state index in [1.807, 2.05) is 0 Å². The molecule has 14 nitrogen and oxygen atoms in total. The van der Waals surface area contributed by atoms with Crippen molar-refractivity contribution in [3.63, 3.8) is 0 Å². The molecule has 0 aliphatic carbocycles. The molecule has 2 aromatic rings. The zero-order valence-corrected chi connectivity index (χ0v) is 20.6. The van der Waals surface area contributed by atoms with Crippen LogP contribution in [0, 0.1) is 0 Å². The molecule has 1 unspecified atom stereocenters. The number of hydrogen-bond acceptors (Lipinski definition) is 12. The van der Waals surface area contributed by atoms with Crippen LogP contribution < -0.4 is 10.6 Å². The third-order valence-electron chi connectivity index (χ3n) is 7.18. The normalized spacial score (nSPS) is 23.0. The zero-order valence-electron chi connectivity index (χ0n) is 20.6. The number of imide groups is 1. The van der Waals surface area contributed by atoms with Crippen LogP contribution in [0.25, 0.3) is 0 Å². The fraction of sp³-hybridized carbons (Fsp3) is 0.400. The Bertz CT molecular complexity index is 1300. The monoisotopic (exact) mass is 544 g/mol. The number of rotatable bonds is 6. The second kappa shape index (κ2) is 9.62. The molecule has 8 N–H and O–H groups in total. The molecule has 0 radical (unpaired) electrons. The quantitative estimate of drug-likeness (QED) is 0.136. The Kier molecular flexibility index (Phi) is 6.69. The Balaban J connectivity index is 1.36. The summed E-state index contributed by atoms with van der Waals surface area (Å²) in [7, 11) is 0. The molecule has 0 aromatic heterocycles. The third kappa shape index (κ3) is 4.66. The number of carbonyl (C=O) groups excluding carboxylic acids is 3. The molecule has 2 aromatic carbocycles. The van der Waals surface area contributed by atoms with E-state index in [0.717, 1.165) is 18.7 Å². The topological polar surface area (TPSA) is 212 Å². The first-order valence-electron chi connectivity index (χ1n) is 12.1. The minimum absolute atomic E-state index is 0.0151. The zero-order chi connectivity index (χ0) is 28.2. The maximum absolute atomic E-state index is 13.1. The number of morpholine rings is 1. The van der Waals surface area contributed by atoms with Crippen LogP contribution in [0.15, 0.2) is 42.5 Å². The van der Waals surface area contributed by atoms with Crippen molar-refractivity contribution in [2.45, 2.75) is 36.6 Å². The Labute approximate surface area is 221 Å². The summed E-state index contributed by atoms with van der Waals surface area (Å²) in [5.74, 6) is -14.1. The van der Waals surface area contributed by atoms with Crippen molar-refractivity contribution in [2.24, 2.45) is 0 Å². The first-order valence-corrected chi connectivity index (χ1v) is 12.1. The molecule has 39 heavy (non-hydrogen) atoms. The number of hydrogen-bond donors (Lipinski definition) is 8. The minimum Gasteiger partial charge on any atom is -0.379 e. The van der Waals surface area contributed by atoms with Gasteiger partial charge < -0.3 is 45.6 Å². The minimum atomic E-state index is -3.79. The standard InChI is InChI=1S/C25H28N4O10/c30-20-19(23(33,34)24(35,36)22(32)26-20)29-13-17-16(21(29)31)2-1-3-18(17)27-25(37,38)15-6-4-14(5-7-15)12-28-8-10-39-11-9-28/h1-7,19,27,33-38H,8-13H2,(H,26,30,32). The molecular weight excluding hydrogens is 516 g/mol. The van der Waals surface area contributed by atoms with E-state index >= 15 is 0 Å². The highest BCUT2D eigenvalue weighted by Crippen LogP contribution is 2.37. The van der Waals surface area contributed by atoms with E-state index < -0.39 is 47.8 Å². The lowest BCUT2D eigenvalue weighted by atomic mass is 9.90. The van der Waals surface area contributed by atoms with Crippen LogP contribution in [0.5, 0.6) is 0 Å². The number of nitrogens with zero attached hydrogens (tertiary/aromatic N) is 2. The average Bonchev–Trinajstić information content (AvgIpc) is 3.21. The Hall–Kier alpha value is -3.47. The molecule has 208 valence electrons. The highest BCUT2D eigenvalue weighted by molar-refractivity contribution is 6.08. The van der Waals surface area contributed by atoms with Gasteiger partial charge in [0.25, 0.3) is 29.4 Å². The van der Waals surface area contributed by atoms with Gasteiger partial charge in [-0.25, -0.2) is 0 Å². The van der Waals surface area contributed by atoms with Crippen molar-refractivity contribution in [1.29, 1.82) is 0 Å². The van der Waals surface area contributed by atoms with E-state index in [-0.39, 0.29) is 22.4 Å². The molecule has 1 atom stereocenters. The summed E-state index contributed by atoms with van der Waals surface area (Å²) in [6.45, 7) is 3.12. The van der Waals surface area contributed by atoms with Crippen LogP contribution in [0.1, 0.15) is 27.0 Å². The second-order valence-electron chi connectivity index (χ2n) is 9.77. The maximum Gasteiger partial charge on any atom is 0.303 e. The highest BCUT2D eigenvalue weighted by atomic mass is 16.6. The number of carbonyl (C=O) groups is 3. The molecule has 14 heteroatoms. The van der Waals surface area contributed by atoms with Crippen molar-refractivity contribution in [2.75, 3.05) is 31.6 Å². The molecule has 3 aliphatic rings. The SMILES string of the molecule is O=C1NC(=O)C(O)(O)C(O)(O)C1N1Cc2c(NC(O)(O)c3ccc(CN4CCOCC4)cc3)cccc2C1=O. The molecule has 0 bridgehead atoms. The first kappa shape index (κ1) is 27.1. The summed E-state index contributed by atoms with van der Waals surface area (Å²) in [4.78, 5) is 40.2. The van der Waals surface area contributed by atoms with Gasteiger partial charge in [0.1, 0.15) is 0 Å². The Morgan fingerprint density at radius 3 is 2.33 bits per heavy atom. The summed E-state index contributed by atoms with van der Waals surface area (Å²) in [6, 6.07) is 8.58. The molecule has 0 saturated carbocycles. The molecule has 2 saturated heterocycles. The van der Waals surface area contributed by atoms with Crippen LogP contribution in [0.2, 0.25) is 0 Å². The number of benzene rings is 2. The number of fused-ring (bicyclic) bond motifs is 1. The van der Waals surface area contributed by atoms with Crippen LogP contribution in [-0.4, -0.2) is 102 Å². The number of ether oxygens (including phenoxy) is 1. The Morgan fingerprint density at radius 1 is 1.00 bits per heavy atom. The fourth-order valence-corrected chi connectivity index (χ4v) is 4.97. The number of amides is 3. The third-order valence-corrected chi connectivity index (χ3v) is 7.18. The molecular formula is C25H28N4O10. The van der Waals surface area contributed by atoms with Crippen molar-refractivity contribution in [3.8, 4) is 0 Å². The van der Waals surface area contributed by atoms with Crippen LogP contribution in [0.3, 0.4) is 0 Å². The van der Waals surface area contributed by atoms with E-state index in [0.29, 0.717) is 24.7 Å². The van der Waals surface area contributed by atoms with Gasteiger partial charge in [-0.2, -0.15) is 0 Å². The van der Waals surface area contributed by atoms with Gasteiger partial charge in [0, 0.05) is 48.6 Å². The van der Waals surface area contributed by atoms with Crippen molar-refractivity contribution in [1.82, 2.24) is 15.1 Å². The summed E-state index contributed by atoms with van der Waals surface area (Å²) < 4.78 is 5.35. The van der Waals surface area contributed by atoms with Crippen molar-refractivity contribution < 1.29 is 49.8 Å². The number of anilines is 1. The summed E-state index contributed by atoms with van der Waals surface area (Å²) in [6.07, 6.45) is 0. The van der Waals surface area contributed by atoms with Crippen molar-refractivity contribution in [3.05, 3.63) is 64.7 Å². The lowest BCUT2D eigenvalue weighted by Crippen LogP contribution is -2.79. The average molecular weight is 545 g/mol. The molecule has 5 rings (SSSR count). The lowest BCUT2D eigenvalue weighted by Gasteiger charge is -2.44. The highest BCUT2D eigenvalue weighted by Gasteiger charge is 2.67. The largest absolute Gasteiger partial charge is 0.379 e. The molecule has 0 spiro atoms. The second-order valence-corrected chi connectivity index (χ2v) is 9.77. The fourth-order valence-electron chi connectivity index (χ4n) is 4.97. The van der Waals surface area contributed by atoms with E-state index in [4.69, 9.17) is 4.74 Å². The van der Waals surface area contributed by atoms with E-state index in [1.54, 1.807) is 29.6 Å². The van der Waals surface area contributed by atoms with Gasteiger partial charge in [0.05, 0.1) is 13.2 Å². The predicted molar refractivity (Wildman–Crippen MR) is 130 cm³/mol. The van der Waals surface area contributed by atoms with Crippen LogP contribution >= 0.6 is 0 Å². The maximum atomic E-state index is 13.1. The lowest BCUT2D eigenvalue weighted by molar-refractivity contribution is -0.355. The van der Waals surface area contributed by atoms with Gasteiger partial charge in [-0.3, -0.25) is 24.6 Å². The molecule has 3 aliphatic heterocycles. The smallest absolute Gasteiger partial charge is 0.303 e. The molecule has 3 amide bonds. The summed E-state index contributed by atoms with van der Waals surface area (Å²) in [5, 5.41) is 66.5. The number of nitrogens with one attached hydrogen (secondary N) is 2. The number of aliphatic hydroxyl groups is 6.